The van der Waals surface area contributed by atoms with Crippen molar-refractivity contribution in [3.63, 3.8) is 0 Å². The van der Waals surface area contributed by atoms with Crippen LogP contribution in [0.2, 0.25) is 0 Å². The van der Waals surface area contributed by atoms with Crippen LogP contribution in [0.25, 0.3) is 0 Å². The Hall–Kier alpha value is -1.07. The molecule has 0 bridgehead atoms. The van der Waals surface area contributed by atoms with Crippen molar-refractivity contribution in [1.82, 2.24) is 4.90 Å². The number of aromatic carboxylic acids is 1. The van der Waals surface area contributed by atoms with Crippen LogP contribution in [0, 0.1) is 0 Å². The average molecular weight is 297 g/mol. The van der Waals surface area contributed by atoms with Crippen molar-refractivity contribution in [2.45, 2.75) is 39.0 Å². The lowest BCUT2D eigenvalue weighted by Gasteiger charge is -2.14. The maximum Gasteiger partial charge on any atom is 0.349 e. The zero-order chi connectivity index (χ0) is 14.5. The lowest BCUT2D eigenvalue weighted by Crippen LogP contribution is -2.22. The molecule has 2 heterocycles. The molecule has 112 valence electrons. The summed E-state index contributed by atoms with van der Waals surface area (Å²) < 4.78 is 5.69. The molecule has 0 saturated carbocycles. The van der Waals surface area contributed by atoms with E-state index in [1.54, 1.807) is 0 Å². The first-order chi connectivity index (χ1) is 9.58. The van der Waals surface area contributed by atoms with Crippen molar-refractivity contribution in [2.75, 3.05) is 26.2 Å². The van der Waals surface area contributed by atoms with Gasteiger partial charge in [-0.25, -0.2) is 4.79 Å². The number of hydrogen-bond acceptors (Lipinski definition) is 4. The molecular formula is C15H23NO3S. The summed E-state index contributed by atoms with van der Waals surface area (Å²) in [7, 11) is 0. The van der Waals surface area contributed by atoms with E-state index in [1.165, 1.54) is 37.3 Å². The maximum atomic E-state index is 11.2. The highest BCUT2D eigenvalue weighted by atomic mass is 32.1. The normalized spacial score (nSPS) is 15.9. The van der Waals surface area contributed by atoms with Crippen LogP contribution in [0.4, 0.5) is 0 Å². The van der Waals surface area contributed by atoms with E-state index in [9.17, 15) is 9.90 Å². The second-order valence-electron chi connectivity index (χ2n) is 5.55. The van der Waals surface area contributed by atoms with Crippen LogP contribution < -0.4 is 4.74 Å². The Kier molecular flexibility index (Phi) is 5.43. The molecule has 0 spiro atoms. The number of nitrogens with zero attached hydrogens (tertiary/aromatic N) is 1. The van der Waals surface area contributed by atoms with Crippen LogP contribution in [0.15, 0.2) is 6.07 Å². The van der Waals surface area contributed by atoms with E-state index in [0.29, 0.717) is 23.2 Å². The third-order valence-electron chi connectivity index (χ3n) is 3.56. The monoisotopic (exact) mass is 297 g/mol. The summed E-state index contributed by atoms with van der Waals surface area (Å²) in [5.41, 5.74) is 0. The minimum atomic E-state index is -0.892. The van der Waals surface area contributed by atoms with E-state index in [4.69, 9.17) is 4.74 Å². The van der Waals surface area contributed by atoms with Gasteiger partial charge >= 0.3 is 5.97 Å². The van der Waals surface area contributed by atoms with Gasteiger partial charge in [0, 0.05) is 11.4 Å². The van der Waals surface area contributed by atoms with Crippen LogP contribution >= 0.6 is 11.3 Å². The molecule has 4 nitrogen and oxygen atoms in total. The third kappa shape index (κ3) is 3.96. The van der Waals surface area contributed by atoms with Crippen molar-refractivity contribution in [2.24, 2.45) is 0 Å². The van der Waals surface area contributed by atoms with E-state index in [1.807, 2.05) is 6.07 Å². The van der Waals surface area contributed by atoms with Crippen molar-refractivity contribution in [3.8, 4) is 5.75 Å². The predicted molar refractivity (Wildman–Crippen MR) is 81.2 cm³/mol. The maximum absolute atomic E-state index is 11.2. The number of ether oxygens (including phenoxy) is 1. The highest BCUT2D eigenvalue weighted by molar-refractivity contribution is 7.14. The van der Waals surface area contributed by atoms with Gasteiger partial charge in [-0.1, -0.05) is 13.8 Å². The number of carboxylic acid groups (broad SMARTS) is 1. The van der Waals surface area contributed by atoms with Gasteiger partial charge in [-0.05, 0) is 44.3 Å². The molecular weight excluding hydrogens is 274 g/mol. The van der Waals surface area contributed by atoms with Gasteiger partial charge in [0.05, 0.1) is 6.61 Å². The van der Waals surface area contributed by atoms with Gasteiger partial charge < -0.3 is 14.7 Å². The molecule has 1 aromatic heterocycles. The first kappa shape index (κ1) is 15.3. The molecule has 0 radical (unpaired) electrons. The topological polar surface area (TPSA) is 49.8 Å². The number of likely N-dealkylation sites (tertiary alicyclic amines) is 1. The number of carboxylic acids is 1. The summed E-state index contributed by atoms with van der Waals surface area (Å²) >= 11 is 1.32. The van der Waals surface area contributed by atoms with Crippen LogP contribution in [0.5, 0.6) is 5.75 Å². The Balaban J connectivity index is 1.85. The van der Waals surface area contributed by atoms with Crippen LogP contribution in [0.3, 0.4) is 0 Å². The Morgan fingerprint density at radius 3 is 2.75 bits per heavy atom. The zero-order valence-electron chi connectivity index (χ0n) is 12.2. The van der Waals surface area contributed by atoms with E-state index < -0.39 is 5.97 Å². The average Bonchev–Trinajstić information content (AvgIpc) is 3.04. The Morgan fingerprint density at radius 1 is 1.45 bits per heavy atom. The predicted octanol–water partition coefficient (Wildman–Crippen LogP) is 3.43. The summed E-state index contributed by atoms with van der Waals surface area (Å²) in [6.07, 6.45) is 3.55. The number of hydrogen-bond donors (Lipinski definition) is 1. The van der Waals surface area contributed by atoms with E-state index in [0.717, 1.165) is 17.8 Å². The SMILES string of the molecule is CC(C)c1cc(OCCCN2CCCC2)c(C(=O)O)s1. The number of thiophene rings is 1. The molecule has 0 aliphatic carbocycles. The molecule has 0 unspecified atom stereocenters. The van der Waals surface area contributed by atoms with Gasteiger partial charge in [-0.15, -0.1) is 11.3 Å². The first-order valence-corrected chi connectivity index (χ1v) is 8.11. The molecule has 20 heavy (non-hydrogen) atoms. The molecule has 1 N–H and O–H groups in total. The van der Waals surface area contributed by atoms with Crippen LogP contribution in [-0.4, -0.2) is 42.2 Å². The van der Waals surface area contributed by atoms with Crippen molar-refractivity contribution < 1.29 is 14.6 Å². The highest BCUT2D eigenvalue weighted by Crippen LogP contribution is 2.33. The van der Waals surface area contributed by atoms with E-state index in [-0.39, 0.29) is 0 Å². The van der Waals surface area contributed by atoms with Gasteiger partial charge in [0.15, 0.2) is 4.88 Å². The van der Waals surface area contributed by atoms with E-state index >= 15 is 0 Å². The van der Waals surface area contributed by atoms with Crippen molar-refractivity contribution in [3.05, 3.63) is 15.8 Å². The fourth-order valence-corrected chi connectivity index (χ4v) is 3.35. The molecule has 0 amide bonds. The summed E-state index contributed by atoms with van der Waals surface area (Å²) in [6, 6.07) is 1.88. The van der Waals surface area contributed by atoms with Crippen molar-refractivity contribution >= 4 is 17.3 Å². The van der Waals surface area contributed by atoms with Gasteiger partial charge in [-0.2, -0.15) is 0 Å². The quantitative estimate of drug-likeness (QED) is 0.783. The summed E-state index contributed by atoms with van der Waals surface area (Å²) in [6.45, 7) is 8.14. The molecule has 5 heteroatoms. The molecule has 1 saturated heterocycles. The number of carbonyl (C=O) groups is 1. The van der Waals surface area contributed by atoms with Crippen molar-refractivity contribution in [1.29, 1.82) is 0 Å². The minimum Gasteiger partial charge on any atom is -0.492 e. The molecule has 1 aromatic rings. The second kappa shape index (κ2) is 7.09. The second-order valence-corrected chi connectivity index (χ2v) is 6.64. The lowest BCUT2D eigenvalue weighted by atomic mass is 10.2. The molecule has 0 aromatic carbocycles. The standard InChI is InChI=1S/C15H23NO3S/c1-11(2)13-10-12(14(20-13)15(17)18)19-9-5-8-16-6-3-4-7-16/h10-11H,3-9H2,1-2H3,(H,17,18). The van der Waals surface area contributed by atoms with Gasteiger partial charge in [0.1, 0.15) is 5.75 Å². The smallest absolute Gasteiger partial charge is 0.349 e. The lowest BCUT2D eigenvalue weighted by molar-refractivity contribution is 0.0698. The molecule has 2 rings (SSSR count). The fraction of sp³-hybridized carbons (Fsp3) is 0.667. The van der Waals surface area contributed by atoms with Gasteiger partial charge in [0.25, 0.3) is 0 Å². The fourth-order valence-electron chi connectivity index (χ4n) is 2.41. The van der Waals surface area contributed by atoms with Gasteiger partial charge in [0.2, 0.25) is 0 Å². The Labute approximate surface area is 124 Å². The van der Waals surface area contributed by atoms with E-state index in [2.05, 4.69) is 18.7 Å². The zero-order valence-corrected chi connectivity index (χ0v) is 13.0. The molecule has 1 fully saturated rings. The minimum absolute atomic E-state index is 0.329. The van der Waals surface area contributed by atoms with Crippen LogP contribution in [-0.2, 0) is 0 Å². The summed E-state index contributed by atoms with van der Waals surface area (Å²) in [5, 5.41) is 9.21. The van der Waals surface area contributed by atoms with Gasteiger partial charge in [-0.3, -0.25) is 0 Å². The molecule has 0 atom stereocenters. The Morgan fingerprint density at radius 2 is 2.15 bits per heavy atom. The van der Waals surface area contributed by atoms with Crippen LogP contribution in [0.1, 0.15) is 53.6 Å². The Bertz CT molecular complexity index is 450. The number of rotatable bonds is 7. The summed E-state index contributed by atoms with van der Waals surface area (Å²) in [5.74, 6) is -0.0240. The largest absolute Gasteiger partial charge is 0.492 e. The highest BCUT2D eigenvalue weighted by Gasteiger charge is 2.18. The first-order valence-electron chi connectivity index (χ1n) is 7.30. The summed E-state index contributed by atoms with van der Waals surface area (Å²) in [4.78, 5) is 15.1. The third-order valence-corrected chi connectivity index (χ3v) is 4.96. The molecule has 1 aliphatic rings. The molecule has 1 aliphatic heterocycles.